The van der Waals surface area contributed by atoms with Crippen molar-refractivity contribution in [3.63, 3.8) is 0 Å². The van der Waals surface area contributed by atoms with Gasteiger partial charge in [0.2, 0.25) is 0 Å². The number of benzene rings is 1. The van der Waals surface area contributed by atoms with E-state index in [9.17, 15) is 4.39 Å². The van der Waals surface area contributed by atoms with E-state index < -0.39 is 0 Å². The van der Waals surface area contributed by atoms with Gasteiger partial charge in [0.15, 0.2) is 11.6 Å². The van der Waals surface area contributed by atoms with Crippen molar-refractivity contribution in [2.24, 2.45) is 5.73 Å². The fraction of sp³-hybridized carbons (Fsp3) is 0.538. The highest BCUT2D eigenvalue weighted by Crippen LogP contribution is 2.33. The minimum atomic E-state index is -0.294. The second kappa shape index (κ2) is 4.83. The Bertz CT molecular complexity index is 367. The molecule has 0 aromatic heterocycles. The van der Waals surface area contributed by atoms with E-state index in [-0.39, 0.29) is 11.9 Å². The highest BCUT2D eigenvalue weighted by atomic mass is 19.1. The average Bonchev–Trinajstić information content (AvgIpc) is 2.29. The van der Waals surface area contributed by atoms with E-state index in [1.165, 1.54) is 20.0 Å². The molecule has 1 aliphatic rings. The maximum atomic E-state index is 13.6. The topological polar surface area (TPSA) is 35.2 Å². The Morgan fingerprint density at radius 3 is 2.69 bits per heavy atom. The van der Waals surface area contributed by atoms with Crippen LogP contribution in [0.15, 0.2) is 18.2 Å². The number of hydrogen-bond donors (Lipinski definition) is 1. The summed E-state index contributed by atoms with van der Waals surface area (Å²) >= 11 is 0. The molecular formula is C13H18FNO. The molecule has 1 saturated carbocycles. The minimum absolute atomic E-state index is 0.168. The van der Waals surface area contributed by atoms with Crippen molar-refractivity contribution in [3.05, 3.63) is 29.6 Å². The minimum Gasteiger partial charge on any atom is -0.494 e. The molecule has 0 aliphatic heterocycles. The molecule has 2 rings (SSSR count). The number of methoxy groups -OCH3 is 1. The average molecular weight is 223 g/mol. The molecule has 0 radical (unpaired) electrons. The van der Waals surface area contributed by atoms with Crippen molar-refractivity contribution < 1.29 is 9.13 Å². The summed E-state index contributed by atoms with van der Waals surface area (Å²) in [6.45, 7) is 0. The van der Waals surface area contributed by atoms with Gasteiger partial charge >= 0.3 is 0 Å². The Labute approximate surface area is 95.6 Å². The van der Waals surface area contributed by atoms with Gasteiger partial charge in [0.25, 0.3) is 0 Å². The molecule has 0 saturated heterocycles. The molecule has 2 nitrogen and oxygen atoms in total. The Morgan fingerprint density at radius 1 is 1.31 bits per heavy atom. The van der Waals surface area contributed by atoms with Crippen LogP contribution in [0.1, 0.15) is 37.2 Å². The smallest absolute Gasteiger partial charge is 0.165 e. The highest BCUT2D eigenvalue weighted by molar-refractivity contribution is 5.32. The molecule has 16 heavy (non-hydrogen) atoms. The van der Waals surface area contributed by atoms with Crippen LogP contribution in [0.25, 0.3) is 0 Å². The molecule has 3 heteroatoms. The summed E-state index contributed by atoms with van der Waals surface area (Å²) in [5, 5.41) is 0. The summed E-state index contributed by atoms with van der Waals surface area (Å²) in [7, 11) is 1.48. The molecule has 0 bridgehead atoms. The maximum absolute atomic E-state index is 13.6. The van der Waals surface area contributed by atoms with Gasteiger partial charge < -0.3 is 10.5 Å². The van der Waals surface area contributed by atoms with Crippen molar-refractivity contribution in [2.75, 3.05) is 7.11 Å². The third-order valence-corrected chi connectivity index (χ3v) is 3.42. The van der Waals surface area contributed by atoms with Crippen molar-refractivity contribution in [1.29, 1.82) is 0 Å². The van der Waals surface area contributed by atoms with E-state index in [1.807, 2.05) is 6.07 Å². The SMILES string of the molecule is COc1ccc(C2CCCCC2N)cc1F. The van der Waals surface area contributed by atoms with Gasteiger partial charge in [0, 0.05) is 6.04 Å². The summed E-state index contributed by atoms with van der Waals surface area (Å²) in [5.41, 5.74) is 7.08. The molecule has 1 aromatic carbocycles. The van der Waals surface area contributed by atoms with Crippen LogP contribution in [0.4, 0.5) is 4.39 Å². The van der Waals surface area contributed by atoms with Crippen LogP contribution in [0, 0.1) is 5.82 Å². The lowest BCUT2D eigenvalue weighted by Crippen LogP contribution is -2.31. The van der Waals surface area contributed by atoms with Crippen molar-refractivity contribution >= 4 is 0 Å². The maximum Gasteiger partial charge on any atom is 0.165 e. The van der Waals surface area contributed by atoms with Crippen LogP contribution in [0.3, 0.4) is 0 Å². The van der Waals surface area contributed by atoms with Crippen LogP contribution >= 0.6 is 0 Å². The summed E-state index contributed by atoms with van der Waals surface area (Å²) in [6.07, 6.45) is 4.48. The Morgan fingerprint density at radius 2 is 2.06 bits per heavy atom. The fourth-order valence-corrected chi connectivity index (χ4v) is 2.49. The predicted octanol–water partition coefficient (Wildman–Crippen LogP) is 2.82. The van der Waals surface area contributed by atoms with Gasteiger partial charge in [-0.2, -0.15) is 0 Å². The van der Waals surface area contributed by atoms with Crippen LogP contribution in [-0.2, 0) is 0 Å². The predicted molar refractivity (Wildman–Crippen MR) is 62.1 cm³/mol. The van der Waals surface area contributed by atoms with Crippen molar-refractivity contribution in [2.45, 2.75) is 37.6 Å². The molecule has 88 valence electrons. The molecule has 2 N–H and O–H groups in total. The third-order valence-electron chi connectivity index (χ3n) is 3.42. The van der Waals surface area contributed by atoms with Crippen LogP contribution in [-0.4, -0.2) is 13.2 Å². The Balaban J connectivity index is 2.22. The first-order chi connectivity index (χ1) is 7.72. The first-order valence-corrected chi connectivity index (χ1v) is 5.81. The van der Waals surface area contributed by atoms with Gasteiger partial charge in [0.05, 0.1) is 7.11 Å². The van der Waals surface area contributed by atoms with Gasteiger partial charge in [0.1, 0.15) is 0 Å². The summed E-state index contributed by atoms with van der Waals surface area (Å²) in [5.74, 6) is 0.306. The van der Waals surface area contributed by atoms with Crippen LogP contribution in [0.2, 0.25) is 0 Å². The van der Waals surface area contributed by atoms with E-state index in [4.69, 9.17) is 10.5 Å². The summed E-state index contributed by atoms with van der Waals surface area (Å²) in [4.78, 5) is 0. The quantitative estimate of drug-likeness (QED) is 0.836. The Hall–Kier alpha value is -1.09. The summed E-state index contributed by atoms with van der Waals surface area (Å²) < 4.78 is 18.5. The van der Waals surface area contributed by atoms with Crippen molar-refractivity contribution in [3.8, 4) is 5.75 Å². The molecule has 0 heterocycles. The molecular weight excluding hydrogens is 205 g/mol. The van der Waals surface area contributed by atoms with Gasteiger partial charge in [-0.05, 0) is 36.5 Å². The van der Waals surface area contributed by atoms with Gasteiger partial charge in [-0.15, -0.1) is 0 Å². The first-order valence-electron chi connectivity index (χ1n) is 5.81. The van der Waals surface area contributed by atoms with Gasteiger partial charge in [-0.3, -0.25) is 0 Å². The molecule has 1 aromatic rings. The fourth-order valence-electron chi connectivity index (χ4n) is 2.49. The highest BCUT2D eigenvalue weighted by Gasteiger charge is 2.24. The van der Waals surface area contributed by atoms with E-state index >= 15 is 0 Å². The normalized spacial score (nSPS) is 25.4. The standard InChI is InChI=1S/C13H18FNO/c1-16-13-7-6-9(8-11(13)14)10-4-2-3-5-12(10)15/h6-8,10,12H,2-5,15H2,1H3. The van der Waals surface area contributed by atoms with Crippen molar-refractivity contribution in [1.82, 2.24) is 0 Å². The van der Waals surface area contributed by atoms with E-state index in [0.717, 1.165) is 18.4 Å². The summed E-state index contributed by atoms with van der Waals surface area (Å²) in [6, 6.07) is 5.35. The number of nitrogens with two attached hydrogens (primary N) is 1. The lowest BCUT2D eigenvalue weighted by Gasteiger charge is -2.29. The zero-order chi connectivity index (χ0) is 11.5. The monoisotopic (exact) mass is 223 g/mol. The first kappa shape index (κ1) is 11.4. The number of rotatable bonds is 2. The zero-order valence-corrected chi connectivity index (χ0v) is 9.58. The van der Waals surface area contributed by atoms with Crippen LogP contribution < -0.4 is 10.5 Å². The Kier molecular flexibility index (Phi) is 3.44. The van der Waals surface area contributed by atoms with Gasteiger partial charge in [-0.1, -0.05) is 18.9 Å². The molecule has 1 aliphatic carbocycles. The molecule has 2 unspecified atom stereocenters. The van der Waals surface area contributed by atoms with E-state index in [1.54, 1.807) is 12.1 Å². The molecule has 0 spiro atoms. The van der Waals surface area contributed by atoms with Crippen LogP contribution in [0.5, 0.6) is 5.75 Å². The largest absolute Gasteiger partial charge is 0.494 e. The lowest BCUT2D eigenvalue weighted by molar-refractivity contribution is 0.375. The van der Waals surface area contributed by atoms with Gasteiger partial charge in [-0.25, -0.2) is 4.39 Å². The number of halogens is 1. The third kappa shape index (κ3) is 2.19. The molecule has 0 amide bonds. The van der Waals surface area contributed by atoms with E-state index in [2.05, 4.69) is 0 Å². The molecule has 1 fully saturated rings. The second-order valence-corrected chi connectivity index (χ2v) is 4.45. The number of ether oxygens (including phenoxy) is 1. The molecule has 2 atom stereocenters. The van der Waals surface area contributed by atoms with E-state index in [0.29, 0.717) is 11.7 Å². The lowest BCUT2D eigenvalue weighted by atomic mass is 9.80. The number of hydrogen-bond acceptors (Lipinski definition) is 2. The second-order valence-electron chi connectivity index (χ2n) is 4.45. The zero-order valence-electron chi connectivity index (χ0n) is 9.58.